The van der Waals surface area contributed by atoms with E-state index < -0.39 is 43.1 Å². The third kappa shape index (κ3) is 5.67. The minimum absolute atomic E-state index is 0.00818. The Kier molecular flexibility index (Phi) is 7.25. The molecule has 32 heavy (non-hydrogen) atoms. The number of amides is 1. The van der Waals surface area contributed by atoms with Gasteiger partial charge in [-0.3, -0.25) is 4.79 Å². The van der Waals surface area contributed by atoms with Crippen molar-refractivity contribution in [3.8, 4) is 5.75 Å². The highest BCUT2D eigenvalue weighted by atomic mass is 32.2. The highest BCUT2D eigenvalue weighted by Crippen LogP contribution is 2.24. The van der Waals surface area contributed by atoms with Crippen LogP contribution in [0.1, 0.15) is 24.2 Å². The molecule has 0 atom stereocenters. The van der Waals surface area contributed by atoms with Crippen LogP contribution >= 0.6 is 0 Å². The van der Waals surface area contributed by atoms with E-state index in [9.17, 15) is 26.0 Å². The van der Waals surface area contributed by atoms with Gasteiger partial charge in [0.25, 0.3) is 10.0 Å². The van der Waals surface area contributed by atoms with Crippen LogP contribution in [-0.2, 0) is 37.0 Å². The summed E-state index contributed by atoms with van der Waals surface area (Å²) in [5, 5.41) is -0.311. The summed E-state index contributed by atoms with van der Waals surface area (Å²) in [4.78, 5) is 13.6. The fourth-order valence-electron chi connectivity index (χ4n) is 3.37. The molecule has 1 aliphatic rings. The maximum atomic E-state index is 13.8. The van der Waals surface area contributed by atoms with Crippen molar-refractivity contribution in [1.82, 2.24) is 9.21 Å². The van der Waals surface area contributed by atoms with Crippen LogP contribution in [0, 0.1) is 5.82 Å². The summed E-state index contributed by atoms with van der Waals surface area (Å²) in [6.07, 6.45) is 1.53. The molecule has 0 radical (unpaired) electrons. The molecule has 1 aromatic heterocycles. The third-order valence-corrected chi connectivity index (χ3v) is 8.25. The topological polar surface area (TPSA) is 114 Å². The lowest BCUT2D eigenvalue weighted by Crippen LogP contribution is -2.32. The molecule has 0 bridgehead atoms. The van der Waals surface area contributed by atoms with E-state index in [1.54, 1.807) is 6.07 Å². The molecule has 1 fully saturated rings. The first-order valence-corrected chi connectivity index (χ1v) is 13.1. The average Bonchev–Trinajstić information content (AvgIpc) is 3.40. The highest BCUT2D eigenvalue weighted by Gasteiger charge is 2.31. The molecule has 1 saturated heterocycles. The standard InChI is InChI=1S/C20H25FN2O7S2/c1-22(12-15-5-7-18(29-2)17(21)11-15)19(24)14-31(25,26)13-16-6-8-20(30-16)32(27,28)23-9-3-4-10-23/h5-8,11H,3-4,9-10,12-14H2,1-2H3. The Morgan fingerprint density at radius 3 is 2.47 bits per heavy atom. The number of sulfone groups is 1. The zero-order valence-electron chi connectivity index (χ0n) is 17.8. The Balaban J connectivity index is 1.61. The second-order valence-corrected chi connectivity index (χ2v) is 11.5. The second kappa shape index (κ2) is 9.59. The second-order valence-electron chi connectivity index (χ2n) is 7.58. The molecule has 176 valence electrons. The largest absolute Gasteiger partial charge is 0.494 e. The van der Waals surface area contributed by atoms with Gasteiger partial charge in [-0.25, -0.2) is 21.2 Å². The zero-order valence-corrected chi connectivity index (χ0v) is 19.4. The first-order valence-electron chi connectivity index (χ1n) is 9.87. The summed E-state index contributed by atoms with van der Waals surface area (Å²) in [5.41, 5.74) is 0.472. The monoisotopic (exact) mass is 488 g/mol. The minimum atomic E-state index is -3.93. The number of furan rings is 1. The van der Waals surface area contributed by atoms with Crippen LogP contribution in [0.2, 0.25) is 0 Å². The summed E-state index contributed by atoms with van der Waals surface area (Å²) in [6, 6.07) is 6.72. The Morgan fingerprint density at radius 2 is 1.84 bits per heavy atom. The van der Waals surface area contributed by atoms with Crippen LogP contribution < -0.4 is 4.74 Å². The van der Waals surface area contributed by atoms with E-state index in [2.05, 4.69) is 0 Å². The van der Waals surface area contributed by atoms with E-state index in [0.717, 1.165) is 12.8 Å². The van der Waals surface area contributed by atoms with Crippen LogP contribution in [0.25, 0.3) is 0 Å². The lowest BCUT2D eigenvalue weighted by molar-refractivity contribution is -0.127. The molecule has 9 nitrogen and oxygen atoms in total. The van der Waals surface area contributed by atoms with Gasteiger partial charge in [0.1, 0.15) is 17.3 Å². The number of methoxy groups -OCH3 is 1. The molecule has 12 heteroatoms. The number of halogens is 1. The summed E-state index contributed by atoms with van der Waals surface area (Å²) < 4.78 is 75.2. The van der Waals surface area contributed by atoms with Crippen molar-refractivity contribution < 1.29 is 35.2 Å². The number of hydrogen-bond acceptors (Lipinski definition) is 7. The summed E-state index contributed by atoms with van der Waals surface area (Å²) in [5.74, 6) is -2.67. The molecule has 0 spiro atoms. The molecule has 0 unspecified atom stereocenters. The number of ether oxygens (including phenoxy) is 1. The molecule has 0 aliphatic carbocycles. The average molecular weight is 489 g/mol. The van der Waals surface area contributed by atoms with Gasteiger partial charge in [-0.05, 0) is 42.7 Å². The molecular weight excluding hydrogens is 463 g/mol. The van der Waals surface area contributed by atoms with Gasteiger partial charge in [-0.2, -0.15) is 4.31 Å². The van der Waals surface area contributed by atoms with Gasteiger partial charge in [0, 0.05) is 26.7 Å². The molecule has 2 aromatic rings. The van der Waals surface area contributed by atoms with E-state index in [0.29, 0.717) is 18.7 Å². The van der Waals surface area contributed by atoms with E-state index in [1.807, 2.05) is 0 Å². The van der Waals surface area contributed by atoms with Gasteiger partial charge in [0.05, 0.1) is 7.11 Å². The number of nitrogens with zero attached hydrogens (tertiary/aromatic N) is 2. The van der Waals surface area contributed by atoms with E-state index in [1.165, 1.54) is 47.6 Å². The van der Waals surface area contributed by atoms with Crippen LogP contribution in [0.3, 0.4) is 0 Å². The number of sulfonamides is 1. The van der Waals surface area contributed by atoms with Gasteiger partial charge in [0.15, 0.2) is 21.4 Å². The first-order chi connectivity index (χ1) is 15.0. The van der Waals surface area contributed by atoms with Gasteiger partial charge in [-0.1, -0.05) is 6.07 Å². The number of carbonyl (C=O) groups is 1. The predicted octanol–water partition coefficient (Wildman–Crippen LogP) is 1.79. The van der Waals surface area contributed by atoms with Gasteiger partial charge < -0.3 is 14.1 Å². The first kappa shape index (κ1) is 24.2. The lowest BCUT2D eigenvalue weighted by atomic mass is 10.2. The van der Waals surface area contributed by atoms with Crippen molar-refractivity contribution in [2.75, 3.05) is 33.0 Å². The van der Waals surface area contributed by atoms with Crippen molar-refractivity contribution in [2.24, 2.45) is 0 Å². The van der Waals surface area contributed by atoms with Gasteiger partial charge in [0.2, 0.25) is 11.0 Å². The summed E-state index contributed by atoms with van der Waals surface area (Å²) >= 11 is 0. The third-order valence-electron chi connectivity index (χ3n) is 5.06. The smallest absolute Gasteiger partial charge is 0.276 e. The predicted molar refractivity (Wildman–Crippen MR) is 114 cm³/mol. The zero-order chi connectivity index (χ0) is 23.5. The normalized spacial score (nSPS) is 15.1. The van der Waals surface area contributed by atoms with E-state index in [-0.39, 0.29) is 23.1 Å². The molecule has 1 amide bonds. The molecule has 2 heterocycles. The fraction of sp³-hybridized carbons (Fsp3) is 0.450. The van der Waals surface area contributed by atoms with E-state index in [4.69, 9.17) is 9.15 Å². The summed E-state index contributed by atoms with van der Waals surface area (Å²) in [6.45, 7) is 0.805. The van der Waals surface area contributed by atoms with Crippen molar-refractivity contribution in [1.29, 1.82) is 0 Å². The molecule has 3 rings (SSSR count). The Morgan fingerprint density at radius 1 is 1.16 bits per heavy atom. The van der Waals surface area contributed by atoms with Crippen molar-refractivity contribution >= 4 is 25.8 Å². The Labute approximate surface area is 186 Å². The van der Waals surface area contributed by atoms with E-state index >= 15 is 0 Å². The number of hydrogen-bond donors (Lipinski definition) is 0. The van der Waals surface area contributed by atoms with Crippen LogP contribution in [0.15, 0.2) is 39.8 Å². The molecule has 1 aliphatic heterocycles. The Hall–Kier alpha value is -2.44. The van der Waals surface area contributed by atoms with Crippen LogP contribution in [-0.4, -0.2) is 64.9 Å². The fourth-order valence-corrected chi connectivity index (χ4v) is 6.10. The van der Waals surface area contributed by atoms with Gasteiger partial charge in [-0.15, -0.1) is 0 Å². The molecule has 0 saturated carbocycles. The quantitative estimate of drug-likeness (QED) is 0.529. The van der Waals surface area contributed by atoms with Crippen molar-refractivity contribution in [2.45, 2.75) is 30.2 Å². The lowest BCUT2D eigenvalue weighted by Gasteiger charge is -2.17. The number of carbonyl (C=O) groups excluding carboxylic acids is 1. The SMILES string of the molecule is COc1ccc(CN(C)C(=O)CS(=O)(=O)Cc2ccc(S(=O)(=O)N3CCCC3)o2)cc1F. The van der Waals surface area contributed by atoms with Crippen LogP contribution in [0.4, 0.5) is 4.39 Å². The van der Waals surface area contributed by atoms with Gasteiger partial charge >= 0.3 is 0 Å². The molecule has 0 N–H and O–H groups in total. The maximum absolute atomic E-state index is 13.8. The molecular formula is C20H25FN2O7S2. The van der Waals surface area contributed by atoms with Crippen molar-refractivity contribution in [3.63, 3.8) is 0 Å². The summed E-state index contributed by atoms with van der Waals surface area (Å²) in [7, 11) is -4.98. The van der Waals surface area contributed by atoms with Crippen LogP contribution in [0.5, 0.6) is 5.75 Å². The number of benzene rings is 1. The Bertz CT molecular complexity index is 1190. The minimum Gasteiger partial charge on any atom is -0.494 e. The highest BCUT2D eigenvalue weighted by molar-refractivity contribution is 7.91. The molecule has 1 aromatic carbocycles. The maximum Gasteiger partial charge on any atom is 0.276 e. The van der Waals surface area contributed by atoms with Crippen molar-refractivity contribution in [3.05, 3.63) is 47.5 Å². The number of rotatable bonds is 9.